The van der Waals surface area contributed by atoms with Gasteiger partial charge in [-0.3, -0.25) is 4.79 Å². The smallest absolute Gasteiger partial charge is 0.333 e. The van der Waals surface area contributed by atoms with Crippen molar-refractivity contribution in [3.05, 3.63) is 58.1 Å². The van der Waals surface area contributed by atoms with Gasteiger partial charge in [0.05, 0.1) is 29.4 Å². The number of carboxylic acid groups (broad SMARTS) is 1. The number of hydrogen-bond acceptors (Lipinski definition) is 5. The van der Waals surface area contributed by atoms with Gasteiger partial charge in [-0.15, -0.1) is 0 Å². The van der Waals surface area contributed by atoms with E-state index in [0.29, 0.717) is 23.7 Å². The Hall–Kier alpha value is -2.77. The lowest BCUT2D eigenvalue weighted by Crippen LogP contribution is -2.30. The van der Waals surface area contributed by atoms with E-state index in [1.54, 1.807) is 50.2 Å². The zero-order valence-electron chi connectivity index (χ0n) is 19.7. The molecule has 1 unspecified atom stereocenters. The second-order valence-electron chi connectivity index (χ2n) is 8.07. The van der Waals surface area contributed by atoms with E-state index in [1.165, 1.54) is 0 Å². The van der Waals surface area contributed by atoms with Crippen LogP contribution in [0.4, 0.5) is 0 Å². The summed E-state index contributed by atoms with van der Waals surface area (Å²) in [6.07, 6.45) is -1.08. The molecule has 0 fully saturated rings. The van der Waals surface area contributed by atoms with Gasteiger partial charge in [0, 0.05) is 13.0 Å². The molecule has 0 saturated carbocycles. The van der Waals surface area contributed by atoms with Crippen molar-refractivity contribution >= 4 is 23.5 Å². The SMILES string of the molecule is CCOc1ccc(CC(OC(C)C)C(=O)O)c(CNC(=O)c2ccc(OC(C)C)cc2Cl)c1. The number of aliphatic carboxylic acids is 1. The summed E-state index contributed by atoms with van der Waals surface area (Å²) < 4.78 is 16.7. The quantitative estimate of drug-likeness (QED) is 0.452. The van der Waals surface area contributed by atoms with E-state index in [4.69, 9.17) is 25.8 Å². The van der Waals surface area contributed by atoms with Crippen LogP contribution in [0.2, 0.25) is 5.02 Å². The number of hydrogen-bond donors (Lipinski definition) is 2. The van der Waals surface area contributed by atoms with Crippen LogP contribution >= 0.6 is 11.6 Å². The van der Waals surface area contributed by atoms with Crippen LogP contribution in [0.25, 0.3) is 0 Å². The molecule has 1 amide bonds. The molecule has 1 atom stereocenters. The van der Waals surface area contributed by atoms with Crippen molar-refractivity contribution in [1.29, 1.82) is 0 Å². The molecule has 0 radical (unpaired) electrons. The number of rotatable bonds is 12. The van der Waals surface area contributed by atoms with Crippen molar-refractivity contribution in [2.45, 2.75) is 65.9 Å². The fourth-order valence-electron chi connectivity index (χ4n) is 3.24. The molecule has 0 aliphatic carbocycles. The second-order valence-corrected chi connectivity index (χ2v) is 8.48. The molecule has 33 heavy (non-hydrogen) atoms. The zero-order chi connectivity index (χ0) is 24.5. The van der Waals surface area contributed by atoms with E-state index in [-0.39, 0.29) is 36.1 Å². The summed E-state index contributed by atoms with van der Waals surface area (Å²) in [7, 11) is 0. The maximum atomic E-state index is 12.8. The molecule has 0 bridgehead atoms. The van der Waals surface area contributed by atoms with Crippen LogP contribution in [0.5, 0.6) is 11.5 Å². The van der Waals surface area contributed by atoms with E-state index in [1.807, 2.05) is 20.8 Å². The maximum Gasteiger partial charge on any atom is 0.333 e. The number of carboxylic acids is 1. The minimum atomic E-state index is -1.04. The van der Waals surface area contributed by atoms with Gasteiger partial charge in [-0.05, 0) is 76.1 Å². The molecule has 2 aromatic rings. The van der Waals surface area contributed by atoms with Gasteiger partial charge < -0.3 is 24.6 Å². The highest BCUT2D eigenvalue weighted by molar-refractivity contribution is 6.34. The molecule has 2 rings (SSSR count). The lowest BCUT2D eigenvalue weighted by molar-refractivity contribution is -0.153. The highest BCUT2D eigenvalue weighted by Crippen LogP contribution is 2.24. The molecule has 2 N–H and O–H groups in total. The van der Waals surface area contributed by atoms with Gasteiger partial charge in [-0.2, -0.15) is 0 Å². The normalized spacial score (nSPS) is 12.0. The summed E-state index contributed by atoms with van der Waals surface area (Å²) in [5.74, 6) is -0.168. The highest BCUT2D eigenvalue weighted by atomic mass is 35.5. The van der Waals surface area contributed by atoms with E-state index in [9.17, 15) is 14.7 Å². The van der Waals surface area contributed by atoms with Gasteiger partial charge in [0.1, 0.15) is 11.5 Å². The Kier molecular flexibility index (Phi) is 10.0. The first-order valence-corrected chi connectivity index (χ1v) is 11.4. The summed E-state index contributed by atoms with van der Waals surface area (Å²) >= 11 is 6.30. The van der Waals surface area contributed by atoms with Gasteiger partial charge in [-0.1, -0.05) is 17.7 Å². The van der Waals surface area contributed by atoms with Gasteiger partial charge in [-0.25, -0.2) is 4.79 Å². The molecular weight excluding hydrogens is 446 g/mol. The molecule has 8 heteroatoms. The molecule has 180 valence electrons. The third-order valence-electron chi connectivity index (χ3n) is 4.60. The summed E-state index contributed by atoms with van der Waals surface area (Å²) in [5, 5.41) is 12.7. The number of carbonyl (C=O) groups excluding carboxylic acids is 1. The van der Waals surface area contributed by atoms with Crippen LogP contribution < -0.4 is 14.8 Å². The van der Waals surface area contributed by atoms with Crippen LogP contribution in [0.1, 0.15) is 56.1 Å². The Bertz CT molecular complexity index is 960. The van der Waals surface area contributed by atoms with Crippen molar-refractivity contribution in [3.8, 4) is 11.5 Å². The molecule has 0 spiro atoms. The topological polar surface area (TPSA) is 94.1 Å². The van der Waals surface area contributed by atoms with Crippen molar-refractivity contribution in [2.75, 3.05) is 6.61 Å². The fourth-order valence-corrected chi connectivity index (χ4v) is 3.50. The number of carbonyl (C=O) groups is 2. The second kappa shape index (κ2) is 12.5. The van der Waals surface area contributed by atoms with Crippen molar-refractivity contribution in [2.24, 2.45) is 0 Å². The number of nitrogens with one attached hydrogen (secondary N) is 1. The van der Waals surface area contributed by atoms with E-state index >= 15 is 0 Å². The zero-order valence-corrected chi connectivity index (χ0v) is 20.4. The average Bonchev–Trinajstić information content (AvgIpc) is 2.72. The van der Waals surface area contributed by atoms with Crippen LogP contribution in [0.15, 0.2) is 36.4 Å². The van der Waals surface area contributed by atoms with Crippen LogP contribution in [-0.2, 0) is 22.5 Å². The fraction of sp³-hybridized carbons (Fsp3) is 0.440. The predicted molar refractivity (Wildman–Crippen MR) is 127 cm³/mol. The third kappa shape index (κ3) is 8.26. The molecule has 0 aliphatic heterocycles. The standard InChI is InChI=1S/C25H32ClNO6/c1-6-31-19-8-7-17(12-23(25(29)30)33-16(4)5)18(11-19)14-27-24(28)21-10-9-20(13-22(21)26)32-15(2)3/h7-11,13,15-16,23H,6,12,14H2,1-5H3,(H,27,28)(H,29,30). The molecule has 0 aromatic heterocycles. The summed E-state index contributed by atoms with van der Waals surface area (Å²) in [6, 6.07) is 10.3. The van der Waals surface area contributed by atoms with Crippen molar-refractivity contribution in [3.63, 3.8) is 0 Å². The first-order valence-electron chi connectivity index (χ1n) is 11.0. The molecule has 0 aliphatic rings. The monoisotopic (exact) mass is 477 g/mol. The Morgan fingerprint density at radius 2 is 1.70 bits per heavy atom. The minimum Gasteiger partial charge on any atom is -0.494 e. The highest BCUT2D eigenvalue weighted by Gasteiger charge is 2.22. The predicted octanol–water partition coefficient (Wildman–Crippen LogP) is 4.88. The van der Waals surface area contributed by atoms with E-state index in [2.05, 4.69) is 5.32 Å². The maximum absolute atomic E-state index is 12.8. The summed E-state index contributed by atoms with van der Waals surface area (Å²) in [5.41, 5.74) is 1.81. The number of halogens is 1. The first-order chi connectivity index (χ1) is 15.6. The Labute approximate surface area is 200 Å². The first kappa shape index (κ1) is 26.5. The van der Waals surface area contributed by atoms with Crippen LogP contribution in [0, 0.1) is 0 Å². The lowest BCUT2D eigenvalue weighted by atomic mass is 10.0. The largest absolute Gasteiger partial charge is 0.494 e. The molecular formula is C25H32ClNO6. The van der Waals surface area contributed by atoms with Gasteiger partial charge in [0.15, 0.2) is 6.10 Å². The number of benzene rings is 2. The van der Waals surface area contributed by atoms with Crippen LogP contribution in [-0.4, -0.2) is 41.9 Å². The molecule has 2 aromatic carbocycles. The van der Waals surface area contributed by atoms with E-state index in [0.717, 1.165) is 11.1 Å². The Balaban J connectivity index is 2.21. The summed E-state index contributed by atoms with van der Waals surface area (Å²) in [6.45, 7) is 9.92. The van der Waals surface area contributed by atoms with Crippen LogP contribution in [0.3, 0.4) is 0 Å². The Morgan fingerprint density at radius 1 is 1.00 bits per heavy atom. The molecule has 7 nitrogen and oxygen atoms in total. The minimum absolute atomic E-state index is 0.00826. The Morgan fingerprint density at radius 3 is 2.27 bits per heavy atom. The average molecular weight is 478 g/mol. The third-order valence-corrected chi connectivity index (χ3v) is 4.91. The van der Waals surface area contributed by atoms with Gasteiger partial charge in [0.25, 0.3) is 5.91 Å². The number of amides is 1. The van der Waals surface area contributed by atoms with Crippen molar-refractivity contribution < 1.29 is 28.9 Å². The molecule has 0 heterocycles. The van der Waals surface area contributed by atoms with Gasteiger partial charge in [0.2, 0.25) is 0 Å². The number of ether oxygens (including phenoxy) is 3. The lowest BCUT2D eigenvalue weighted by Gasteiger charge is -2.19. The van der Waals surface area contributed by atoms with E-state index < -0.39 is 12.1 Å². The van der Waals surface area contributed by atoms with Gasteiger partial charge >= 0.3 is 5.97 Å². The summed E-state index contributed by atoms with van der Waals surface area (Å²) in [4.78, 5) is 24.4. The molecule has 0 saturated heterocycles. The van der Waals surface area contributed by atoms with Crippen molar-refractivity contribution in [1.82, 2.24) is 5.32 Å².